The Labute approximate surface area is 156 Å². The first-order valence-corrected chi connectivity index (χ1v) is 8.23. The molecule has 0 heterocycles. The molecule has 2 rings (SSSR count). The molecule has 1 N–H and O–H groups in total. The summed E-state index contributed by atoms with van der Waals surface area (Å²) in [6, 6.07) is 16.2. The molecule has 132 valence electrons. The van der Waals surface area contributed by atoms with Crippen molar-refractivity contribution in [2.75, 3.05) is 6.61 Å². The molecule has 0 aliphatic heterocycles. The number of carbonyl (C=O) groups excluding carboxylic acids is 2. The first kappa shape index (κ1) is 19.2. The number of nitriles is 1. The quantitative estimate of drug-likeness (QED) is 0.481. The maximum atomic E-state index is 12.0. The van der Waals surface area contributed by atoms with Gasteiger partial charge in [0.05, 0.1) is 0 Å². The lowest BCUT2D eigenvalue weighted by atomic mass is 10.1. The zero-order valence-corrected chi connectivity index (χ0v) is 14.9. The van der Waals surface area contributed by atoms with E-state index in [1.54, 1.807) is 36.4 Å². The first-order valence-electron chi connectivity index (χ1n) is 7.85. The molecule has 0 saturated carbocycles. The predicted molar refractivity (Wildman–Crippen MR) is 99.0 cm³/mol. The molecule has 0 bridgehead atoms. The maximum Gasteiger partial charge on any atom is 0.349 e. The molecule has 0 spiro atoms. The number of nitrogens with zero attached hydrogens (tertiary/aromatic N) is 1. The van der Waals surface area contributed by atoms with Crippen LogP contribution in [0.3, 0.4) is 0 Å². The topological polar surface area (TPSA) is 79.2 Å². The number of ether oxygens (including phenoxy) is 1. The second kappa shape index (κ2) is 9.40. The molecular formula is C20H17ClN2O3. The van der Waals surface area contributed by atoms with Crippen LogP contribution in [0.5, 0.6) is 0 Å². The highest BCUT2D eigenvalue weighted by Crippen LogP contribution is 2.14. The van der Waals surface area contributed by atoms with Crippen LogP contribution < -0.4 is 5.32 Å². The van der Waals surface area contributed by atoms with E-state index in [0.717, 1.165) is 11.1 Å². The number of halogens is 1. The summed E-state index contributed by atoms with van der Waals surface area (Å²) in [6.45, 7) is 1.69. The van der Waals surface area contributed by atoms with Gasteiger partial charge in [-0.3, -0.25) is 4.79 Å². The highest BCUT2D eigenvalue weighted by atomic mass is 35.5. The van der Waals surface area contributed by atoms with Crippen molar-refractivity contribution in [3.05, 3.63) is 75.8 Å². The van der Waals surface area contributed by atoms with Crippen LogP contribution in [0, 0.1) is 18.3 Å². The van der Waals surface area contributed by atoms with Gasteiger partial charge in [0.2, 0.25) is 0 Å². The molecule has 1 amide bonds. The summed E-state index contributed by atoms with van der Waals surface area (Å²) in [5.74, 6) is -1.33. The first-order chi connectivity index (χ1) is 12.5. The van der Waals surface area contributed by atoms with Crippen molar-refractivity contribution in [1.82, 2.24) is 5.32 Å². The third-order valence-electron chi connectivity index (χ3n) is 3.50. The van der Waals surface area contributed by atoms with Crippen molar-refractivity contribution < 1.29 is 14.3 Å². The van der Waals surface area contributed by atoms with Crippen molar-refractivity contribution in [3.8, 4) is 6.07 Å². The standard InChI is InChI=1S/C20H17ClN2O3/c1-14-6-8-15(9-7-14)10-17(11-22)20(25)26-13-19(24)23-12-16-4-2-3-5-18(16)21/h2-10H,12-13H2,1H3,(H,23,24)/b17-10+. The molecule has 0 unspecified atom stereocenters. The molecule has 6 heteroatoms. The van der Waals surface area contributed by atoms with Gasteiger partial charge in [-0.05, 0) is 30.2 Å². The molecule has 0 aliphatic rings. The van der Waals surface area contributed by atoms with E-state index < -0.39 is 18.5 Å². The third kappa shape index (κ3) is 5.76. The molecule has 0 saturated heterocycles. The Morgan fingerprint density at radius 1 is 1.19 bits per heavy atom. The highest BCUT2D eigenvalue weighted by Gasteiger charge is 2.13. The molecule has 5 nitrogen and oxygen atoms in total. The molecule has 0 aliphatic carbocycles. The number of carbonyl (C=O) groups is 2. The van der Waals surface area contributed by atoms with Crippen LogP contribution in [0.2, 0.25) is 5.02 Å². The normalized spacial score (nSPS) is 10.7. The monoisotopic (exact) mass is 368 g/mol. The molecule has 2 aromatic carbocycles. The van der Waals surface area contributed by atoms with Crippen LogP contribution in [0.25, 0.3) is 6.08 Å². The Kier molecular flexibility index (Phi) is 6.95. The van der Waals surface area contributed by atoms with E-state index in [0.29, 0.717) is 10.6 Å². The van der Waals surface area contributed by atoms with Gasteiger partial charge in [-0.15, -0.1) is 0 Å². The average Bonchev–Trinajstić information content (AvgIpc) is 2.65. The van der Waals surface area contributed by atoms with Gasteiger partial charge in [-0.2, -0.15) is 5.26 Å². The molecule has 2 aromatic rings. The lowest BCUT2D eigenvalue weighted by molar-refractivity contribution is -0.144. The Balaban J connectivity index is 1.88. The van der Waals surface area contributed by atoms with Crippen LogP contribution in [0.4, 0.5) is 0 Å². The van der Waals surface area contributed by atoms with Crippen LogP contribution in [-0.4, -0.2) is 18.5 Å². The number of amides is 1. The number of esters is 1. The number of rotatable bonds is 6. The summed E-state index contributed by atoms with van der Waals surface area (Å²) in [6.07, 6.45) is 1.42. The fourth-order valence-electron chi connectivity index (χ4n) is 2.06. The van der Waals surface area contributed by atoms with Gasteiger partial charge in [0.25, 0.3) is 5.91 Å². The van der Waals surface area contributed by atoms with Gasteiger partial charge < -0.3 is 10.1 Å². The van der Waals surface area contributed by atoms with Crippen molar-refractivity contribution >= 4 is 29.6 Å². The van der Waals surface area contributed by atoms with Crippen LogP contribution in [-0.2, 0) is 20.9 Å². The number of aryl methyl sites for hydroxylation is 1. The average molecular weight is 369 g/mol. The minimum absolute atomic E-state index is 0.173. The van der Waals surface area contributed by atoms with Crippen LogP contribution in [0.1, 0.15) is 16.7 Å². The Bertz CT molecular complexity index is 867. The Morgan fingerprint density at radius 2 is 1.88 bits per heavy atom. The second-order valence-electron chi connectivity index (χ2n) is 5.52. The van der Waals surface area contributed by atoms with Crippen molar-refractivity contribution in [2.45, 2.75) is 13.5 Å². The van der Waals surface area contributed by atoms with E-state index in [2.05, 4.69) is 5.32 Å². The van der Waals surface area contributed by atoms with Gasteiger partial charge in [0.1, 0.15) is 11.6 Å². The summed E-state index contributed by atoms with van der Waals surface area (Å²) in [7, 11) is 0. The van der Waals surface area contributed by atoms with Crippen molar-refractivity contribution in [2.24, 2.45) is 0 Å². The second-order valence-corrected chi connectivity index (χ2v) is 5.93. The zero-order chi connectivity index (χ0) is 18.9. The third-order valence-corrected chi connectivity index (χ3v) is 3.87. The van der Waals surface area contributed by atoms with Gasteiger partial charge in [0.15, 0.2) is 6.61 Å². The minimum Gasteiger partial charge on any atom is -0.451 e. The van der Waals surface area contributed by atoms with Crippen molar-refractivity contribution in [1.29, 1.82) is 5.26 Å². The van der Waals surface area contributed by atoms with E-state index in [1.807, 2.05) is 25.1 Å². The summed E-state index contributed by atoms with van der Waals surface area (Å²) in [5, 5.41) is 12.3. The molecule has 26 heavy (non-hydrogen) atoms. The number of benzene rings is 2. The van der Waals surface area contributed by atoms with E-state index in [9.17, 15) is 9.59 Å². The van der Waals surface area contributed by atoms with Gasteiger partial charge >= 0.3 is 5.97 Å². The SMILES string of the molecule is Cc1ccc(/C=C(\C#N)C(=O)OCC(=O)NCc2ccccc2Cl)cc1. The van der Waals surface area contributed by atoms with Crippen molar-refractivity contribution in [3.63, 3.8) is 0 Å². The highest BCUT2D eigenvalue weighted by molar-refractivity contribution is 6.31. The molecular weight excluding hydrogens is 352 g/mol. The Hall–Kier alpha value is -3.10. The van der Waals surface area contributed by atoms with E-state index in [1.165, 1.54) is 6.08 Å². The Morgan fingerprint density at radius 3 is 2.54 bits per heavy atom. The lowest BCUT2D eigenvalue weighted by Gasteiger charge is -2.07. The molecule has 0 radical (unpaired) electrons. The van der Waals surface area contributed by atoms with Gasteiger partial charge in [-0.25, -0.2) is 4.79 Å². The van der Waals surface area contributed by atoms with Crippen LogP contribution >= 0.6 is 11.6 Å². The molecule has 0 atom stereocenters. The largest absolute Gasteiger partial charge is 0.451 e. The summed E-state index contributed by atoms with van der Waals surface area (Å²) in [4.78, 5) is 23.8. The lowest BCUT2D eigenvalue weighted by Crippen LogP contribution is -2.28. The maximum absolute atomic E-state index is 12.0. The molecule has 0 fully saturated rings. The minimum atomic E-state index is -0.846. The summed E-state index contributed by atoms with van der Waals surface area (Å²) < 4.78 is 4.90. The van der Waals surface area contributed by atoms with Gasteiger partial charge in [0, 0.05) is 11.6 Å². The number of hydrogen-bond acceptors (Lipinski definition) is 4. The zero-order valence-electron chi connectivity index (χ0n) is 14.2. The fourth-order valence-corrected chi connectivity index (χ4v) is 2.26. The fraction of sp³-hybridized carbons (Fsp3) is 0.150. The smallest absolute Gasteiger partial charge is 0.349 e. The molecule has 0 aromatic heterocycles. The number of nitrogens with one attached hydrogen (secondary N) is 1. The predicted octanol–water partition coefficient (Wildman–Crippen LogP) is 3.42. The van der Waals surface area contributed by atoms with Crippen LogP contribution in [0.15, 0.2) is 54.1 Å². The summed E-state index contributed by atoms with van der Waals surface area (Å²) >= 11 is 6.00. The summed E-state index contributed by atoms with van der Waals surface area (Å²) in [5.41, 5.74) is 2.35. The van der Waals surface area contributed by atoms with Gasteiger partial charge in [-0.1, -0.05) is 59.6 Å². The van der Waals surface area contributed by atoms with E-state index in [-0.39, 0.29) is 12.1 Å². The van der Waals surface area contributed by atoms with E-state index >= 15 is 0 Å². The van der Waals surface area contributed by atoms with E-state index in [4.69, 9.17) is 21.6 Å². The number of hydrogen-bond donors (Lipinski definition) is 1.